The maximum Gasteiger partial charge on any atom is 0.274 e. The lowest BCUT2D eigenvalue weighted by Crippen LogP contribution is -2.27. The van der Waals surface area contributed by atoms with Crippen molar-refractivity contribution in [2.24, 2.45) is 0 Å². The lowest BCUT2D eigenvalue weighted by Gasteiger charge is -2.15. The molecule has 2 aromatic heterocycles. The predicted molar refractivity (Wildman–Crippen MR) is 108 cm³/mol. The first kappa shape index (κ1) is 20.2. The molecule has 0 aliphatic heterocycles. The topological polar surface area (TPSA) is 65.2 Å². The van der Waals surface area contributed by atoms with Crippen molar-refractivity contribution in [2.75, 3.05) is 7.05 Å². The smallest absolute Gasteiger partial charge is 0.274 e. The number of hydrogen-bond acceptors (Lipinski definition) is 4. The zero-order valence-corrected chi connectivity index (χ0v) is 17.4. The molecule has 0 saturated carbocycles. The van der Waals surface area contributed by atoms with Crippen LogP contribution in [-0.4, -0.2) is 37.4 Å². The van der Waals surface area contributed by atoms with Gasteiger partial charge in [-0.25, -0.2) is 4.68 Å². The van der Waals surface area contributed by atoms with Crippen molar-refractivity contribution in [2.45, 2.75) is 33.7 Å². The van der Waals surface area contributed by atoms with Crippen LogP contribution < -0.4 is 4.74 Å². The molecule has 28 heavy (non-hydrogen) atoms. The predicted octanol–water partition coefficient (Wildman–Crippen LogP) is 4.02. The Morgan fingerprint density at radius 2 is 2.00 bits per heavy atom. The van der Waals surface area contributed by atoms with Crippen LogP contribution in [0.1, 0.15) is 28.7 Å². The third-order valence-corrected chi connectivity index (χ3v) is 5.06. The summed E-state index contributed by atoms with van der Waals surface area (Å²) >= 11 is 12.1. The van der Waals surface area contributed by atoms with E-state index in [1.807, 2.05) is 24.7 Å². The van der Waals surface area contributed by atoms with Gasteiger partial charge in [-0.15, -0.1) is 0 Å². The van der Waals surface area contributed by atoms with Crippen LogP contribution in [0.2, 0.25) is 10.0 Å². The van der Waals surface area contributed by atoms with E-state index in [0.717, 1.165) is 17.8 Å². The summed E-state index contributed by atoms with van der Waals surface area (Å²) in [6.45, 7) is 5.33. The maximum atomic E-state index is 12.7. The van der Waals surface area contributed by atoms with E-state index in [1.165, 1.54) is 4.68 Å². The SMILES string of the molecule is CCn1cc(CN(C)C(=O)c2ccn(COc3cccc(Cl)c3Cl)n2)c(C)n1. The summed E-state index contributed by atoms with van der Waals surface area (Å²) in [5.41, 5.74) is 2.26. The zero-order chi connectivity index (χ0) is 20.3. The molecule has 1 aromatic carbocycles. The van der Waals surface area contributed by atoms with E-state index in [1.54, 1.807) is 42.4 Å². The summed E-state index contributed by atoms with van der Waals surface area (Å²) < 4.78 is 9.02. The first-order chi connectivity index (χ1) is 13.4. The van der Waals surface area contributed by atoms with E-state index in [4.69, 9.17) is 27.9 Å². The van der Waals surface area contributed by atoms with E-state index in [2.05, 4.69) is 10.2 Å². The summed E-state index contributed by atoms with van der Waals surface area (Å²) in [4.78, 5) is 14.3. The van der Waals surface area contributed by atoms with Gasteiger partial charge in [0.15, 0.2) is 12.4 Å². The molecule has 0 aliphatic carbocycles. The highest BCUT2D eigenvalue weighted by atomic mass is 35.5. The number of amides is 1. The fourth-order valence-electron chi connectivity index (χ4n) is 2.68. The lowest BCUT2D eigenvalue weighted by molar-refractivity contribution is 0.0777. The molecular formula is C19H21Cl2N5O2. The number of benzene rings is 1. The number of carbonyl (C=O) groups is 1. The Balaban J connectivity index is 1.63. The second-order valence-corrected chi connectivity index (χ2v) is 7.11. The van der Waals surface area contributed by atoms with Gasteiger partial charge in [-0.1, -0.05) is 29.3 Å². The van der Waals surface area contributed by atoms with E-state index in [-0.39, 0.29) is 12.6 Å². The fraction of sp³-hybridized carbons (Fsp3) is 0.316. The van der Waals surface area contributed by atoms with Gasteiger partial charge in [-0.3, -0.25) is 9.48 Å². The number of nitrogens with zero attached hydrogens (tertiary/aromatic N) is 5. The molecule has 0 N–H and O–H groups in total. The summed E-state index contributed by atoms with van der Waals surface area (Å²) in [5.74, 6) is 0.279. The Labute approximate surface area is 173 Å². The van der Waals surface area contributed by atoms with Crippen molar-refractivity contribution in [3.05, 3.63) is 63.7 Å². The van der Waals surface area contributed by atoms with Crippen LogP contribution >= 0.6 is 23.2 Å². The molecule has 2 heterocycles. The van der Waals surface area contributed by atoms with Gasteiger partial charge in [0.25, 0.3) is 5.91 Å². The summed E-state index contributed by atoms with van der Waals surface area (Å²) in [5, 5.41) is 9.45. The average Bonchev–Trinajstić information content (AvgIpc) is 3.29. The van der Waals surface area contributed by atoms with Crippen molar-refractivity contribution < 1.29 is 9.53 Å². The molecule has 0 atom stereocenters. The minimum absolute atomic E-state index is 0.111. The third kappa shape index (κ3) is 4.48. The Kier molecular flexibility index (Phi) is 6.26. The number of halogens is 2. The molecule has 0 aliphatic rings. The molecule has 0 unspecified atom stereocenters. The number of carbonyl (C=O) groups excluding carboxylic acids is 1. The van der Waals surface area contributed by atoms with Gasteiger partial charge in [-0.05, 0) is 32.0 Å². The third-order valence-electron chi connectivity index (χ3n) is 4.25. The van der Waals surface area contributed by atoms with Gasteiger partial charge in [0.1, 0.15) is 10.8 Å². The summed E-state index contributed by atoms with van der Waals surface area (Å²) in [7, 11) is 1.74. The van der Waals surface area contributed by atoms with Gasteiger partial charge < -0.3 is 9.64 Å². The first-order valence-electron chi connectivity index (χ1n) is 8.77. The Hall–Kier alpha value is -2.51. The zero-order valence-electron chi connectivity index (χ0n) is 15.9. The molecular weight excluding hydrogens is 401 g/mol. The molecule has 0 spiro atoms. The van der Waals surface area contributed by atoms with Crippen molar-refractivity contribution in [3.8, 4) is 5.75 Å². The molecule has 1 amide bonds. The molecule has 3 rings (SSSR count). The van der Waals surface area contributed by atoms with Gasteiger partial charge >= 0.3 is 0 Å². The largest absolute Gasteiger partial charge is 0.470 e. The van der Waals surface area contributed by atoms with Crippen LogP contribution in [0.25, 0.3) is 0 Å². The van der Waals surface area contributed by atoms with Gasteiger partial charge in [-0.2, -0.15) is 10.2 Å². The van der Waals surface area contributed by atoms with E-state index >= 15 is 0 Å². The van der Waals surface area contributed by atoms with Crippen LogP contribution in [0.15, 0.2) is 36.7 Å². The minimum atomic E-state index is -0.178. The summed E-state index contributed by atoms with van der Waals surface area (Å²) in [6, 6.07) is 6.81. The van der Waals surface area contributed by atoms with Crippen LogP contribution in [0.5, 0.6) is 5.75 Å². The van der Waals surface area contributed by atoms with E-state index in [0.29, 0.717) is 28.0 Å². The molecule has 0 radical (unpaired) electrons. The highest BCUT2D eigenvalue weighted by molar-refractivity contribution is 6.42. The second kappa shape index (κ2) is 8.67. The van der Waals surface area contributed by atoms with Gasteiger partial charge in [0.2, 0.25) is 0 Å². The molecule has 0 saturated heterocycles. The average molecular weight is 422 g/mol. The Morgan fingerprint density at radius 1 is 1.21 bits per heavy atom. The van der Waals surface area contributed by atoms with E-state index in [9.17, 15) is 4.79 Å². The fourth-order valence-corrected chi connectivity index (χ4v) is 3.02. The highest BCUT2D eigenvalue weighted by Crippen LogP contribution is 2.31. The highest BCUT2D eigenvalue weighted by Gasteiger charge is 2.17. The molecule has 148 valence electrons. The summed E-state index contributed by atoms with van der Waals surface area (Å²) in [6.07, 6.45) is 3.64. The van der Waals surface area contributed by atoms with Crippen molar-refractivity contribution >= 4 is 29.1 Å². The number of aromatic nitrogens is 4. The lowest BCUT2D eigenvalue weighted by atomic mass is 10.2. The number of ether oxygens (including phenoxy) is 1. The van der Waals surface area contributed by atoms with Crippen molar-refractivity contribution in [1.29, 1.82) is 0 Å². The van der Waals surface area contributed by atoms with Crippen LogP contribution in [-0.2, 0) is 19.8 Å². The molecule has 3 aromatic rings. The normalized spacial score (nSPS) is 10.9. The maximum absolute atomic E-state index is 12.7. The number of aryl methyl sites for hydroxylation is 2. The molecule has 0 bridgehead atoms. The molecule has 0 fully saturated rings. The molecule has 9 heteroatoms. The van der Waals surface area contributed by atoms with Gasteiger partial charge in [0.05, 0.1) is 10.7 Å². The van der Waals surface area contributed by atoms with Crippen LogP contribution in [0, 0.1) is 6.92 Å². The van der Waals surface area contributed by atoms with Crippen LogP contribution in [0.3, 0.4) is 0 Å². The number of rotatable bonds is 7. The van der Waals surface area contributed by atoms with Crippen molar-refractivity contribution in [1.82, 2.24) is 24.5 Å². The van der Waals surface area contributed by atoms with Crippen LogP contribution in [0.4, 0.5) is 0 Å². The monoisotopic (exact) mass is 421 g/mol. The second-order valence-electron chi connectivity index (χ2n) is 6.32. The van der Waals surface area contributed by atoms with E-state index < -0.39 is 0 Å². The Morgan fingerprint density at radius 3 is 2.71 bits per heavy atom. The van der Waals surface area contributed by atoms with Crippen molar-refractivity contribution in [3.63, 3.8) is 0 Å². The minimum Gasteiger partial charge on any atom is -0.470 e. The number of hydrogen-bond donors (Lipinski definition) is 0. The molecule has 7 nitrogen and oxygen atoms in total. The standard InChI is InChI=1S/C19H21Cl2N5O2/c1-4-25-11-14(13(2)22-25)10-24(3)19(27)16-8-9-26(23-16)12-28-17-7-5-6-15(20)18(17)21/h5-9,11H,4,10,12H2,1-3H3. The Bertz CT molecular complexity index is 983. The van der Waals surface area contributed by atoms with Gasteiger partial charge in [0, 0.05) is 38.1 Å². The first-order valence-corrected chi connectivity index (χ1v) is 9.53. The quantitative estimate of drug-likeness (QED) is 0.577.